The van der Waals surface area contributed by atoms with Crippen molar-refractivity contribution in [3.63, 3.8) is 0 Å². The van der Waals surface area contributed by atoms with Crippen molar-refractivity contribution in [1.29, 1.82) is 0 Å². The Morgan fingerprint density at radius 3 is 2.73 bits per heavy atom. The molecule has 1 aliphatic heterocycles. The van der Waals surface area contributed by atoms with Gasteiger partial charge in [0.15, 0.2) is 0 Å². The van der Waals surface area contributed by atoms with Gasteiger partial charge in [-0.3, -0.25) is 4.79 Å². The van der Waals surface area contributed by atoms with Crippen LogP contribution in [0.2, 0.25) is 0 Å². The predicted octanol–water partition coefficient (Wildman–Crippen LogP) is 2.92. The number of likely N-dealkylation sites (tertiary alicyclic amines) is 1. The summed E-state index contributed by atoms with van der Waals surface area (Å²) in [5.41, 5.74) is 1.20. The van der Waals surface area contributed by atoms with Gasteiger partial charge in [-0.05, 0) is 24.8 Å². The number of aromatic nitrogens is 2. The third-order valence-corrected chi connectivity index (χ3v) is 5.31. The first-order valence-electron chi connectivity index (χ1n) is 9.47. The lowest BCUT2D eigenvalue weighted by atomic mass is 9.94. The molecule has 2 atom stereocenters. The second kappa shape index (κ2) is 7.46. The Bertz CT molecular complexity index is 778. The maximum atomic E-state index is 12.6. The highest BCUT2D eigenvalue weighted by atomic mass is 16.2. The zero-order valence-electron chi connectivity index (χ0n) is 15.2. The first kappa shape index (κ1) is 17.0. The van der Waals surface area contributed by atoms with Gasteiger partial charge in [0.25, 0.3) is 0 Å². The Morgan fingerprint density at radius 1 is 1.23 bits per heavy atom. The van der Waals surface area contributed by atoms with Gasteiger partial charge in [0.2, 0.25) is 5.91 Å². The van der Waals surface area contributed by atoms with Crippen LogP contribution >= 0.6 is 0 Å². The minimum Gasteiger partial charge on any atom is -0.336 e. The largest absolute Gasteiger partial charge is 0.336 e. The maximum absolute atomic E-state index is 12.6. The van der Waals surface area contributed by atoms with Crippen molar-refractivity contribution >= 4 is 12.0 Å². The van der Waals surface area contributed by atoms with E-state index in [0.29, 0.717) is 12.5 Å². The molecule has 1 aromatic carbocycles. The van der Waals surface area contributed by atoms with Gasteiger partial charge in [-0.25, -0.2) is 4.98 Å². The summed E-state index contributed by atoms with van der Waals surface area (Å²) in [6.07, 6.45) is 11.8. The molecule has 1 N–H and O–H groups in total. The first-order chi connectivity index (χ1) is 12.7. The number of hydrogen-bond acceptors (Lipinski definition) is 3. The van der Waals surface area contributed by atoms with E-state index in [1.54, 1.807) is 0 Å². The van der Waals surface area contributed by atoms with Gasteiger partial charge < -0.3 is 14.8 Å². The van der Waals surface area contributed by atoms with Crippen molar-refractivity contribution in [3.8, 4) is 0 Å². The standard InChI is InChI=1S/C21H26N4O/c1-24-15-14-23-21(24)20-18(11-12-19(26)25(20)17-9-10-17)22-13-5-8-16-6-3-2-4-7-16/h2-8,14-15,17-18,20,22H,9-13H2,1H3/b8-5+/t18-,20-/m1/s1. The molecule has 2 aromatic rings. The monoisotopic (exact) mass is 350 g/mol. The third-order valence-electron chi connectivity index (χ3n) is 5.31. The molecule has 5 nitrogen and oxygen atoms in total. The van der Waals surface area contributed by atoms with Gasteiger partial charge >= 0.3 is 0 Å². The second-order valence-corrected chi connectivity index (χ2v) is 7.24. The molecule has 2 aliphatic rings. The van der Waals surface area contributed by atoms with Gasteiger partial charge in [-0.15, -0.1) is 0 Å². The molecule has 0 bridgehead atoms. The average Bonchev–Trinajstić information content (AvgIpc) is 3.41. The van der Waals surface area contributed by atoms with Crippen molar-refractivity contribution in [2.24, 2.45) is 7.05 Å². The van der Waals surface area contributed by atoms with Crippen LogP contribution in [0.1, 0.15) is 43.1 Å². The number of hydrogen-bond donors (Lipinski definition) is 1. The summed E-state index contributed by atoms with van der Waals surface area (Å²) >= 11 is 0. The normalized spacial score (nSPS) is 23.7. The molecule has 0 unspecified atom stereocenters. The quantitative estimate of drug-likeness (QED) is 0.871. The molecule has 0 radical (unpaired) electrons. The van der Waals surface area contributed by atoms with Crippen molar-refractivity contribution in [2.75, 3.05) is 6.54 Å². The number of rotatable bonds is 6. The molecule has 1 aliphatic carbocycles. The summed E-state index contributed by atoms with van der Waals surface area (Å²) in [4.78, 5) is 19.3. The van der Waals surface area contributed by atoms with Gasteiger partial charge in [-0.2, -0.15) is 0 Å². The maximum Gasteiger partial charge on any atom is 0.223 e. The Morgan fingerprint density at radius 2 is 2.04 bits per heavy atom. The summed E-state index contributed by atoms with van der Waals surface area (Å²) in [7, 11) is 2.01. The minimum atomic E-state index is 0.0221. The summed E-state index contributed by atoms with van der Waals surface area (Å²) in [5, 5.41) is 3.66. The fourth-order valence-electron chi connectivity index (χ4n) is 3.86. The number of aryl methyl sites for hydroxylation is 1. The highest BCUT2D eigenvalue weighted by Gasteiger charge is 2.45. The highest BCUT2D eigenvalue weighted by molar-refractivity contribution is 5.78. The topological polar surface area (TPSA) is 50.2 Å². The Kier molecular flexibility index (Phi) is 4.89. The lowest BCUT2D eigenvalue weighted by Gasteiger charge is -2.41. The van der Waals surface area contributed by atoms with Crippen LogP contribution in [0.5, 0.6) is 0 Å². The van der Waals surface area contributed by atoms with Crippen LogP contribution in [-0.2, 0) is 11.8 Å². The molecule has 4 rings (SSSR count). The number of benzene rings is 1. The average molecular weight is 350 g/mol. The van der Waals surface area contributed by atoms with E-state index in [1.807, 2.05) is 42.2 Å². The molecule has 1 aromatic heterocycles. The van der Waals surface area contributed by atoms with Crippen LogP contribution in [-0.4, -0.2) is 39.0 Å². The molecule has 2 fully saturated rings. The lowest BCUT2D eigenvalue weighted by molar-refractivity contribution is -0.139. The van der Waals surface area contributed by atoms with E-state index in [9.17, 15) is 4.79 Å². The predicted molar refractivity (Wildman–Crippen MR) is 102 cm³/mol. The highest BCUT2D eigenvalue weighted by Crippen LogP contribution is 2.40. The summed E-state index contributed by atoms with van der Waals surface area (Å²) in [6.45, 7) is 0.785. The van der Waals surface area contributed by atoms with E-state index < -0.39 is 0 Å². The van der Waals surface area contributed by atoms with Crippen LogP contribution in [0.4, 0.5) is 0 Å². The Hall–Kier alpha value is -2.40. The van der Waals surface area contributed by atoms with Crippen LogP contribution in [0.15, 0.2) is 48.8 Å². The van der Waals surface area contributed by atoms with Crippen molar-refractivity contribution in [1.82, 2.24) is 19.8 Å². The molecule has 1 saturated carbocycles. The van der Waals surface area contributed by atoms with Crippen LogP contribution < -0.4 is 5.32 Å². The van der Waals surface area contributed by atoms with Gasteiger partial charge in [-0.1, -0.05) is 42.5 Å². The minimum absolute atomic E-state index is 0.0221. The van der Waals surface area contributed by atoms with Crippen LogP contribution in [0, 0.1) is 0 Å². The van der Waals surface area contributed by atoms with Crippen molar-refractivity contribution in [3.05, 3.63) is 60.2 Å². The molecule has 1 saturated heterocycles. The zero-order chi connectivity index (χ0) is 17.9. The Labute approximate surface area is 154 Å². The van der Waals surface area contributed by atoms with E-state index in [4.69, 9.17) is 0 Å². The van der Waals surface area contributed by atoms with E-state index in [1.165, 1.54) is 5.56 Å². The fourth-order valence-corrected chi connectivity index (χ4v) is 3.86. The number of imidazole rings is 1. The van der Waals surface area contributed by atoms with Gasteiger partial charge in [0.1, 0.15) is 11.9 Å². The van der Waals surface area contributed by atoms with Crippen molar-refractivity contribution in [2.45, 2.75) is 43.8 Å². The summed E-state index contributed by atoms with van der Waals surface area (Å²) < 4.78 is 2.05. The van der Waals surface area contributed by atoms with Crippen molar-refractivity contribution < 1.29 is 4.79 Å². The number of piperidine rings is 1. The van der Waals surface area contributed by atoms with E-state index in [2.05, 4.69) is 39.5 Å². The summed E-state index contributed by atoms with van der Waals surface area (Å²) in [5.74, 6) is 1.26. The van der Waals surface area contributed by atoms with Gasteiger partial charge in [0.05, 0.1) is 0 Å². The fraction of sp³-hybridized carbons (Fsp3) is 0.429. The second-order valence-electron chi connectivity index (χ2n) is 7.24. The number of carbonyl (C=O) groups is 1. The Balaban J connectivity index is 1.49. The summed E-state index contributed by atoms with van der Waals surface area (Å²) in [6, 6.07) is 11.0. The van der Waals surface area contributed by atoms with Crippen LogP contribution in [0.3, 0.4) is 0 Å². The molecular formula is C21H26N4O. The van der Waals surface area contributed by atoms with Gasteiger partial charge in [0, 0.05) is 44.5 Å². The van der Waals surface area contributed by atoms with E-state index in [-0.39, 0.29) is 18.0 Å². The number of nitrogens with one attached hydrogen (secondary N) is 1. The molecule has 1 amide bonds. The van der Waals surface area contributed by atoms with Crippen LogP contribution in [0.25, 0.3) is 6.08 Å². The number of nitrogens with zero attached hydrogens (tertiary/aromatic N) is 3. The van der Waals surface area contributed by atoms with E-state index in [0.717, 1.165) is 31.6 Å². The smallest absolute Gasteiger partial charge is 0.223 e. The number of carbonyl (C=O) groups excluding carboxylic acids is 1. The molecule has 26 heavy (non-hydrogen) atoms. The molecule has 0 spiro atoms. The third kappa shape index (κ3) is 3.58. The molecule has 5 heteroatoms. The zero-order valence-corrected chi connectivity index (χ0v) is 15.2. The van der Waals surface area contributed by atoms with E-state index >= 15 is 0 Å². The molecule has 136 valence electrons. The number of amides is 1. The SMILES string of the molecule is Cn1ccnc1[C@H]1[C@H](NC/C=C/c2ccccc2)CCC(=O)N1C1CC1. The lowest BCUT2D eigenvalue weighted by Crippen LogP contribution is -2.52. The molecule has 2 heterocycles. The first-order valence-corrected chi connectivity index (χ1v) is 9.47. The molecular weight excluding hydrogens is 324 g/mol.